The number of nitrogens with zero attached hydrogens (tertiary/aromatic N) is 2. The molecule has 0 amide bonds. The van der Waals surface area contributed by atoms with Gasteiger partial charge in [0.1, 0.15) is 12.9 Å². The SMILES string of the molecule is [2H]C([2H])([2H])C([2H])(C)c1cc(-c2ccc(-c3c(C)ccc4c3oc3ncccc34)[n+](C)c2)ccc1F. The molecule has 1 unspecified atom stereocenters. The van der Waals surface area contributed by atoms with E-state index < -0.39 is 18.6 Å². The van der Waals surface area contributed by atoms with Crippen molar-refractivity contribution >= 4 is 22.1 Å². The maximum Gasteiger partial charge on any atom is 0.227 e. The van der Waals surface area contributed by atoms with Crippen molar-refractivity contribution in [1.82, 2.24) is 4.98 Å². The van der Waals surface area contributed by atoms with Gasteiger partial charge in [-0.05, 0) is 59.8 Å². The maximum absolute atomic E-state index is 14.6. The Labute approximate surface area is 186 Å². The summed E-state index contributed by atoms with van der Waals surface area (Å²) in [5, 5.41) is 1.94. The molecule has 0 bridgehead atoms. The number of aromatic nitrogens is 2. The van der Waals surface area contributed by atoms with Gasteiger partial charge in [0.05, 0.1) is 5.56 Å². The molecule has 0 saturated carbocycles. The Bertz CT molecular complexity index is 1600. The van der Waals surface area contributed by atoms with Crippen molar-refractivity contribution in [2.24, 2.45) is 7.05 Å². The first-order chi connectivity index (χ1) is 16.5. The predicted octanol–water partition coefficient (Wildman–Crippen LogP) is 6.71. The summed E-state index contributed by atoms with van der Waals surface area (Å²) in [5.74, 6) is -2.78. The average molecular weight is 416 g/mol. The number of hydrogen-bond donors (Lipinski definition) is 0. The highest BCUT2D eigenvalue weighted by molar-refractivity contribution is 6.08. The summed E-state index contributed by atoms with van der Waals surface area (Å²) in [4.78, 5) is 4.35. The first kappa shape index (κ1) is 15.3. The van der Waals surface area contributed by atoms with E-state index >= 15 is 0 Å². The van der Waals surface area contributed by atoms with E-state index in [1.807, 2.05) is 55.1 Å². The Morgan fingerprint density at radius 3 is 2.74 bits per heavy atom. The molecule has 3 heterocycles. The molecule has 4 heteroatoms. The smallest absolute Gasteiger partial charge is 0.227 e. The fourth-order valence-corrected chi connectivity index (χ4v) is 4.12. The molecular formula is C27H24FN2O+. The molecule has 2 aromatic carbocycles. The Kier molecular flexibility index (Phi) is 3.61. The molecule has 0 N–H and O–H groups in total. The minimum Gasteiger partial charge on any atom is -0.437 e. The van der Waals surface area contributed by atoms with E-state index in [1.54, 1.807) is 12.3 Å². The second-order valence-electron chi connectivity index (χ2n) is 7.83. The van der Waals surface area contributed by atoms with Crippen molar-refractivity contribution in [1.29, 1.82) is 0 Å². The van der Waals surface area contributed by atoms with Crippen LogP contribution in [-0.2, 0) is 7.05 Å². The van der Waals surface area contributed by atoms with E-state index in [-0.39, 0.29) is 5.56 Å². The van der Waals surface area contributed by atoms with Gasteiger partial charge in [-0.2, -0.15) is 0 Å². The van der Waals surface area contributed by atoms with Crippen LogP contribution in [0.1, 0.15) is 36.3 Å². The van der Waals surface area contributed by atoms with Crippen molar-refractivity contribution in [2.45, 2.75) is 26.6 Å². The van der Waals surface area contributed by atoms with E-state index in [0.29, 0.717) is 11.3 Å². The van der Waals surface area contributed by atoms with Gasteiger partial charge in [-0.15, -0.1) is 0 Å². The van der Waals surface area contributed by atoms with E-state index in [9.17, 15) is 4.39 Å². The molecule has 0 spiro atoms. The second-order valence-corrected chi connectivity index (χ2v) is 7.83. The van der Waals surface area contributed by atoms with Gasteiger partial charge in [-0.1, -0.05) is 32.0 Å². The number of halogens is 1. The number of pyridine rings is 2. The van der Waals surface area contributed by atoms with Crippen LogP contribution >= 0.6 is 0 Å². The first-order valence-electron chi connectivity index (χ1n) is 12.1. The molecule has 154 valence electrons. The highest BCUT2D eigenvalue weighted by atomic mass is 19.1. The number of rotatable bonds is 3. The van der Waals surface area contributed by atoms with E-state index in [2.05, 4.69) is 11.1 Å². The zero-order chi connectivity index (χ0) is 25.1. The van der Waals surface area contributed by atoms with Crippen LogP contribution in [0, 0.1) is 12.7 Å². The third-order valence-corrected chi connectivity index (χ3v) is 5.72. The highest BCUT2D eigenvalue weighted by Crippen LogP contribution is 2.36. The van der Waals surface area contributed by atoms with Gasteiger partial charge < -0.3 is 4.42 Å². The first-order valence-corrected chi connectivity index (χ1v) is 10.1. The van der Waals surface area contributed by atoms with Crippen LogP contribution in [0.2, 0.25) is 0 Å². The Hall–Kier alpha value is -3.53. The minimum absolute atomic E-state index is 0.155. The lowest BCUT2D eigenvalue weighted by Crippen LogP contribution is -2.31. The monoisotopic (exact) mass is 415 g/mol. The second kappa shape index (κ2) is 7.31. The van der Waals surface area contributed by atoms with Gasteiger partial charge in [-0.3, -0.25) is 0 Å². The van der Waals surface area contributed by atoms with Crippen molar-refractivity contribution < 1.29 is 18.9 Å². The maximum atomic E-state index is 14.6. The van der Waals surface area contributed by atoms with Gasteiger partial charge >= 0.3 is 0 Å². The van der Waals surface area contributed by atoms with Crippen LogP contribution < -0.4 is 4.57 Å². The molecule has 0 aliphatic rings. The highest BCUT2D eigenvalue weighted by Gasteiger charge is 2.21. The lowest BCUT2D eigenvalue weighted by atomic mass is 9.96. The molecule has 31 heavy (non-hydrogen) atoms. The van der Waals surface area contributed by atoms with Gasteiger partial charge in [0.15, 0.2) is 11.8 Å². The molecule has 3 nitrogen and oxygen atoms in total. The third-order valence-electron chi connectivity index (χ3n) is 5.72. The van der Waals surface area contributed by atoms with Crippen molar-refractivity contribution in [3.63, 3.8) is 0 Å². The lowest BCUT2D eigenvalue weighted by Gasteiger charge is -2.10. The molecule has 5 aromatic rings. The Balaban J connectivity index is 1.64. The van der Waals surface area contributed by atoms with Crippen LogP contribution in [0.5, 0.6) is 0 Å². The Morgan fingerprint density at radius 1 is 1.10 bits per heavy atom. The number of aryl methyl sites for hydroxylation is 2. The standard InChI is InChI=1S/C27H24FN2O/c1-16(2)22-14-18(8-11-23(22)28)19-9-12-24(30(4)15-19)25-17(3)7-10-20-21-6-5-13-29-27(21)31-26(20)25/h5-16H,1-4H3/q+1/i1D3,16D. The third kappa shape index (κ3) is 3.19. The zero-order valence-electron chi connectivity index (χ0n) is 21.5. The zero-order valence-corrected chi connectivity index (χ0v) is 17.5. The van der Waals surface area contributed by atoms with Crippen molar-refractivity contribution in [2.75, 3.05) is 0 Å². The molecular weight excluding hydrogens is 387 g/mol. The topological polar surface area (TPSA) is 29.9 Å². The summed E-state index contributed by atoms with van der Waals surface area (Å²) < 4.78 is 54.1. The van der Waals surface area contributed by atoms with E-state index in [1.165, 1.54) is 19.1 Å². The number of hydrogen-bond acceptors (Lipinski definition) is 2. The molecule has 0 radical (unpaired) electrons. The van der Waals surface area contributed by atoms with Crippen LogP contribution in [-0.4, -0.2) is 4.98 Å². The van der Waals surface area contributed by atoms with Crippen LogP contribution in [0.3, 0.4) is 0 Å². The molecule has 5 rings (SSSR count). The molecule has 0 saturated heterocycles. The molecule has 0 aliphatic heterocycles. The number of fused-ring (bicyclic) bond motifs is 3. The number of benzene rings is 2. The Morgan fingerprint density at radius 2 is 1.94 bits per heavy atom. The van der Waals surface area contributed by atoms with Gasteiger partial charge in [-0.25, -0.2) is 13.9 Å². The minimum atomic E-state index is -2.67. The normalized spacial score (nSPS) is 15.9. The largest absolute Gasteiger partial charge is 0.437 e. The number of furan rings is 1. The quantitative estimate of drug-likeness (QED) is 0.307. The van der Waals surface area contributed by atoms with Gasteiger partial charge in [0.25, 0.3) is 0 Å². The molecule has 0 fully saturated rings. The predicted molar refractivity (Wildman–Crippen MR) is 122 cm³/mol. The lowest BCUT2D eigenvalue weighted by molar-refractivity contribution is -0.659. The van der Waals surface area contributed by atoms with Gasteiger partial charge in [0, 0.05) is 34.1 Å². The summed E-state index contributed by atoms with van der Waals surface area (Å²) in [6.45, 7) is 0.578. The van der Waals surface area contributed by atoms with Crippen molar-refractivity contribution in [3.8, 4) is 22.4 Å². The van der Waals surface area contributed by atoms with E-state index in [4.69, 9.17) is 9.90 Å². The summed E-state index contributed by atoms with van der Waals surface area (Å²) in [6, 6.07) is 16.1. The summed E-state index contributed by atoms with van der Waals surface area (Å²) in [7, 11) is 1.92. The molecule has 1 atom stereocenters. The average Bonchev–Trinajstić information content (AvgIpc) is 3.17. The summed E-state index contributed by atoms with van der Waals surface area (Å²) in [6.07, 6.45) is 3.61. The fraction of sp³-hybridized carbons (Fsp3) is 0.185. The van der Waals surface area contributed by atoms with Gasteiger partial charge in [0.2, 0.25) is 11.4 Å². The van der Waals surface area contributed by atoms with Crippen LogP contribution in [0.4, 0.5) is 4.39 Å². The molecule has 3 aromatic heterocycles. The summed E-state index contributed by atoms with van der Waals surface area (Å²) in [5.41, 5.74) is 5.52. The van der Waals surface area contributed by atoms with E-state index in [0.717, 1.165) is 38.7 Å². The molecule has 0 aliphatic carbocycles. The summed E-state index contributed by atoms with van der Waals surface area (Å²) >= 11 is 0. The van der Waals surface area contributed by atoms with Crippen LogP contribution in [0.25, 0.3) is 44.5 Å². The van der Waals surface area contributed by atoms with Crippen molar-refractivity contribution in [3.05, 3.63) is 83.9 Å². The fourth-order valence-electron chi connectivity index (χ4n) is 4.12. The van der Waals surface area contributed by atoms with Crippen LogP contribution in [0.15, 0.2) is 71.4 Å².